The first-order valence-corrected chi connectivity index (χ1v) is 8.41. The van der Waals surface area contributed by atoms with Gasteiger partial charge in [0, 0.05) is 30.7 Å². The lowest BCUT2D eigenvalue weighted by atomic mass is 10.1. The lowest BCUT2D eigenvalue weighted by Gasteiger charge is -2.11. The van der Waals surface area contributed by atoms with E-state index in [1.165, 1.54) is 11.8 Å². The summed E-state index contributed by atoms with van der Waals surface area (Å²) >= 11 is 0. The molecule has 0 aliphatic rings. The fourth-order valence-electron chi connectivity index (χ4n) is 2.70. The predicted octanol–water partition coefficient (Wildman–Crippen LogP) is 2.14. The molecule has 3 aromatic rings. The second-order valence-corrected chi connectivity index (χ2v) is 5.81. The number of pyridine rings is 1. The third-order valence-corrected chi connectivity index (χ3v) is 3.98. The van der Waals surface area contributed by atoms with Gasteiger partial charge >= 0.3 is 0 Å². The molecule has 0 atom stereocenters. The van der Waals surface area contributed by atoms with E-state index in [1.807, 2.05) is 6.92 Å². The Hall–Kier alpha value is -3.22. The van der Waals surface area contributed by atoms with Crippen molar-refractivity contribution in [2.75, 3.05) is 7.11 Å². The van der Waals surface area contributed by atoms with Crippen molar-refractivity contribution < 1.29 is 9.53 Å². The Morgan fingerprint density at radius 1 is 1.23 bits per heavy atom. The Balaban J connectivity index is 1.92. The van der Waals surface area contributed by atoms with Crippen molar-refractivity contribution in [3.8, 4) is 5.88 Å². The van der Waals surface area contributed by atoms with Crippen LogP contribution < -0.4 is 15.6 Å². The van der Waals surface area contributed by atoms with Crippen LogP contribution in [0.25, 0.3) is 10.8 Å². The van der Waals surface area contributed by atoms with Crippen LogP contribution in [0.3, 0.4) is 0 Å². The number of rotatable bonds is 6. The zero-order valence-corrected chi connectivity index (χ0v) is 14.7. The maximum atomic E-state index is 12.7. The highest BCUT2D eigenvalue weighted by molar-refractivity contribution is 6.04. The number of nitrogens with one attached hydrogen (secondary N) is 1. The van der Waals surface area contributed by atoms with Gasteiger partial charge in [-0.05, 0) is 24.1 Å². The first-order chi connectivity index (χ1) is 12.6. The van der Waals surface area contributed by atoms with Crippen LogP contribution in [0, 0.1) is 0 Å². The Kier molecular flexibility index (Phi) is 5.26. The third kappa shape index (κ3) is 3.56. The SMILES string of the molecule is CCCn1nc(C(=O)NCc2ccnc(OC)c2)c2ccccc2c1=O. The highest BCUT2D eigenvalue weighted by atomic mass is 16.5. The van der Waals surface area contributed by atoms with Crippen LogP contribution in [0.4, 0.5) is 0 Å². The van der Waals surface area contributed by atoms with Gasteiger partial charge < -0.3 is 10.1 Å². The molecule has 0 radical (unpaired) electrons. The number of aryl methyl sites for hydroxylation is 1. The first kappa shape index (κ1) is 17.6. The second-order valence-electron chi connectivity index (χ2n) is 5.81. The molecule has 1 aromatic carbocycles. The van der Waals surface area contributed by atoms with E-state index in [-0.39, 0.29) is 17.2 Å². The van der Waals surface area contributed by atoms with Crippen LogP contribution in [0.2, 0.25) is 0 Å². The Morgan fingerprint density at radius 3 is 2.73 bits per heavy atom. The van der Waals surface area contributed by atoms with Gasteiger partial charge in [0.1, 0.15) is 0 Å². The maximum absolute atomic E-state index is 12.7. The molecule has 0 saturated carbocycles. The van der Waals surface area contributed by atoms with E-state index in [1.54, 1.807) is 42.6 Å². The van der Waals surface area contributed by atoms with E-state index in [9.17, 15) is 9.59 Å². The van der Waals surface area contributed by atoms with Crippen LogP contribution in [-0.4, -0.2) is 27.8 Å². The monoisotopic (exact) mass is 352 g/mol. The fraction of sp³-hybridized carbons (Fsp3) is 0.263. The molecule has 1 amide bonds. The molecule has 0 fully saturated rings. The fourth-order valence-corrected chi connectivity index (χ4v) is 2.70. The normalized spacial score (nSPS) is 10.7. The number of fused-ring (bicyclic) bond motifs is 1. The molecule has 0 saturated heterocycles. The van der Waals surface area contributed by atoms with Crippen molar-refractivity contribution in [3.63, 3.8) is 0 Å². The second kappa shape index (κ2) is 7.77. The maximum Gasteiger partial charge on any atom is 0.274 e. The molecule has 2 heterocycles. The highest BCUT2D eigenvalue weighted by Gasteiger charge is 2.16. The molecule has 26 heavy (non-hydrogen) atoms. The third-order valence-electron chi connectivity index (χ3n) is 3.98. The lowest BCUT2D eigenvalue weighted by molar-refractivity contribution is 0.0945. The Labute approximate surface area is 150 Å². The summed E-state index contributed by atoms with van der Waals surface area (Å²) in [5.41, 5.74) is 0.920. The summed E-state index contributed by atoms with van der Waals surface area (Å²) in [5.74, 6) is 0.152. The molecule has 3 rings (SSSR count). The summed E-state index contributed by atoms with van der Waals surface area (Å²) in [6, 6.07) is 10.6. The van der Waals surface area contributed by atoms with Gasteiger partial charge in [-0.1, -0.05) is 25.1 Å². The minimum absolute atomic E-state index is 0.183. The van der Waals surface area contributed by atoms with Gasteiger partial charge in [0.15, 0.2) is 5.69 Å². The largest absolute Gasteiger partial charge is 0.481 e. The first-order valence-electron chi connectivity index (χ1n) is 8.41. The average molecular weight is 352 g/mol. The van der Waals surface area contributed by atoms with Crippen molar-refractivity contribution >= 4 is 16.7 Å². The summed E-state index contributed by atoms with van der Waals surface area (Å²) in [6.07, 6.45) is 2.37. The van der Waals surface area contributed by atoms with E-state index in [4.69, 9.17) is 4.74 Å². The number of carbonyl (C=O) groups excluding carboxylic acids is 1. The molecule has 0 aliphatic carbocycles. The molecule has 7 heteroatoms. The summed E-state index contributed by atoms with van der Waals surface area (Å²) in [6.45, 7) is 2.73. The standard InChI is InChI=1S/C19H20N4O3/c1-3-10-23-19(25)15-7-5-4-6-14(15)17(22-23)18(24)21-12-13-8-9-20-16(11-13)26-2/h4-9,11H,3,10,12H2,1-2H3,(H,21,24). The van der Waals surface area contributed by atoms with E-state index in [0.717, 1.165) is 12.0 Å². The Morgan fingerprint density at radius 2 is 2.00 bits per heavy atom. The minimum atomic E-state index is -0.332. The summed E-state index contributed by atoms with van der Waals surface area (Å²) in [4.78, 5) is 29.2. The number of hydrogen-bond donors (Lipinski definition) is 1. The topological polar surface area (TPSA) is 86.1 Å². The van der Waals surface area contributed by atoms with Crippen LogP contribution in [0.15, 0.2) is 47.4 Å². The van der Waals surface area contributed by atoms with Crippen molar-refractivity contribution in [2.45, 2.75) is 26.4 Å². The van der Waals surface area contributed by atoms with Gasteiger partial charge in [-0.2, -0.15) is 5.10 Å². The molecular weight excluding hydrogens is 332 g/mol. The Bertz CT molecular complexity index is 997. The van der Waals surface area contributed by atoms with Crippen LogP contribution in [0.1, 0.15) is 29.4 Å². The van der Waals surface area contributed by atoms with Crippen molar-refractivity contribution in [2.24, 2.45) is 0 Å². The molecule has 0 unspecified atom stereocenters. The van der Waals surface area contributed by atoms with Crippen LogP contribution in [0.5, 0.6) is 5.88 Å². The molecule has 7 nitrogen and oxygen atoms in total. The number of hydrogen-bond acceptors (Lipinski definition) is 5. The number of carbonyl (C=O) groups is 1. The molecule has 0 aliphatic heterocycles. The average Bonchev–Trinajstić information content (AvgIpc) is 2.68. The van der Waals surface area contributed by atoms with E-state index >= 15 is 0 Å². The number of amides is 1. The van der Waals surface area contributed by atoms with Crippen molar-refractivity contribution in [3.05, 3.63) is 64.2 Å². The van der Waals surface area contributed by atoms with Gasteiger partial charge in [-0.3, -0.25) is 9.59 Å². The zero-order valence-electron chi connectivity index (χ0n) is 14.7. The smallest absolute Gasteiger partial charge is 0.274 e. The molecule has 0 bridgehead atoms. The number of methoxy groups -OCH3 is 1. The van der Waals surface area contributed by atoms with Gasteiger partial charge in [-0.15, -0.1) is 0 Å². The molecule has 1 N–H and O–H groups in total. The van der Waals surface area contributed by atoms with Crippen molar-refractivity contribution in [1.29, 1.82) is 0 Å². The molecule has 0 spiro atoms. The van der Waals surface area contributed by atoms with Crippen LogP contribution >= 0.6 is 0 Å². The van der Waals surface area contributed by atoms with E-state index in [0.29, 0.717) is 29.7 Å². The van der Waals surface area contributed by atoms with E-state index in [2.05, 4.69) is 15.4 Å². The quantitative estimate of drug-likeness (QED) is 0.734. The number of aromatic nitrogens is 3. The lowest BCUT2D eigenvalue weighted by Crippen LogP contribution is -2.30. The molecule has 2 aromatic heterocycles. The number of benzene rings is 1. The number of nitrogens with zero attached hydrogens (tertiary/aromatic N) is 3. The van der Waals surface area contributed by atoms with E-state index < -0.39 is 0 Å². The predicted molar refractivity (Wildman–Crippen MR) is 98.3 cm³/mol. The minimum Gasteiger partial charge on any atom is -0.481 e. The number of ether oxygens (including phenoxy) is 1. The molecule has 134 valence electrons. The summed E-state index contributed by atoms with van der Waals surface area (Å²) < 4.78 is 6.44. The van der Waals surface area contributed by atoms with Crippen LogP contribution in [-0.2, 0) is 13.1 Å². The summed E-state index contributed by atoms with van der Waals surface area (Å²) in [7, 11) is 1.54. The van der Waals surface area contributed by atoms with Crippen molar-refractivity contribution in [1.82, 2.24) is 20.1 Å². The highest BCUT2D eigenvalue weighted by Crippen LogP contribution is 2.14. The van der Waals surface area contributed by atoms with Gasteiger partial charge in [0.2, 0.25) is 5.88 Å². The molecular formula is C19H20N4O3. The zero-order chi connectivity index (χ0) is 18.5. The van der Waals surface area contributed by atoms with Gasteiger partial charge in [-0.25, -0.2) is 9.67 Å². The van der Waals surface area contributed by atoms with Gasteiger partial charge in [0.05, 0.1) is 12.5 Å². The summed E-state index contributed by atoms with van der Waals surface area (Å²) in [5, 5.41) is 8.18. The van der Waals surface area contributed by atoms with Gasteiger partial charge in [0.25, 0.3) is 11.5 Å².